The second kappa shape index (κ2) is 4.84. The molecule has 0 saturated carbocycles. The lowest BCUT2D eigenvalue weighted by molar-refractivity contribution is -0.142. The topological polar surface area (TPSA) is 40.5 Å². The van der Waals surface area contributed by atoms with Crippen LogP contribution < -0.4 is 0 Å². The highest BCUT2D eigenvalue weighted by Crippen LogP contribution is 2.22. The third-order valence-electron chi connectivity index (χ3n) is 3.29. The Labute approximate surface area is 99.9 Å². The Morgan fingerprint density at radius 1 is 1.59 bits per heavy atom. The van der Waals surface area contributed by atoms with Crippen LogP contribution in [0.1, 0.15) is 24.0 Å². The maximum atomic E-state index is 13.8. The van der Waals surface area contributed by atoms with E-state index in [4.69, 9.17) is 5.11 Å². The van der Waals surface area contributed by atoms with Gasteiger partial charge in [-0.1, -0.05) is 18.2 Å². The molecule has 0 bridgehead atoms. The van der Waals surface area contributed by atoms with Crippen LogP contribution >= 0.6 is 0 Å². The summed E-state index contributed by atoms with van der Waals surface area (Å²) in [6.07, 6.45) is 1.52. The molecule has 0 aliphatic carbocycles. The van der Waals surface area contributed by atoms with Crippen molar-refractivity contribution in [1.82, 2.24) is 4.90 Å². The van der Waals surface area contributed by atoms with E-state index in [9.17, 15) is 9.18 Å². The Hall–Kier alpha value is -1.42. The van der Waals surface area contributed by atoms with Gasteiger partial charge in [-0.3, -0.25) is 9.69 Å². The standard InChI is InChI=1S/C13H16FNO2/c1-9-4-2-5-10(12(9)14)8-15-7-3-6-11(15)13(16)17/h2,4-5,11H,3,6-8H2,1H3,(H,16,17)/t11-/m0/s1. The predicted octanol–water partition coefficient (Wildman–Crippen LogP) is 2.18. The zero-order chi connectivity index (χ0) is 12.4. The smallest absolute Gasteiger partial charge is 0.320 e. The molecule has 2 rings (SSSR count). The number of carbonyl (C=O) groups is 1. The maximum absolute atomic E-state index is 13.8. The maximum Gasteiger partial charge on any atom is 0.320 e. The van der Waals surface area contributed by atoms with Crippen LogP contribution in [0.5, 0.6) is 0 Å². The van der Waals surface area contributed by atoms with E-state index < -0.39 is 12.0 Å². The van der Waals surface area contributed by atoms with Crippen molar-refractivity contribution in [2.45, 2.75) is 32.4 Å². The van der Waals surface area contributed by atoms with Crippen molar-refractivity contribution in [3.05, 3.63) is 35.1 Å². The van der Waals surface area contributed by atoms with Gasteiger partial charge in [0.1, 0.15) is 11.9 Å². The van der Waals surface area contributed by atoms with Gasteiger partial charge < -0.3 is 5.11 Å². The van der Waals surface area contributed by atoms with Gasteiger partial charge in [-0.2, -0.15) is 0 Å². The summed E-state index contributed by atoms with van der Waals surface area (Å²) in [5, 5.41) is 9.05. The minimum absolute atomic E-state index is 0.219. The van der Waals surface area contributed by atoms with E-state index in [1.807, 2.05) is 4.90 Å². The molecule has 1 atom stereocenters. The van der Waals surface area contributed by atoms with E-state index in [2.05, 4.69) is 0 Å². The summed E-state index contributed by atoms with van der Waals surface area (Å²) in [6.45, 7) is 2.83. The van der Waals surface area contributed by atoms with Crippen molar-refractivity contribution in [1.29, 1.82) is 0 Å². The Morgan fingerprint density at radius 2 is 2.35 bits per heavy atom. The number of aryl methyl sites for hydroxylation is 1. The molecule has 0 unspecified atom stereocenters. The minimum Gasteiger partial charge on any atom is -0.480 e. The quantitative estimate of drug-likeness (QED) is 0.876. The molecule has 0 amide bonds. The van der Waals surface area contributed by atoms with Crippen LogP contribution in [0.25, 0.3) is 0 Å². The largest absolute Gasteiger partial charge is 0.480 e. The van der Waals surface area contributed by atoms with Gasteiger partial charge in [-0.05, 0) is 31.9 Å². The molecule has 1 saturated heterocycles. The molecule has 0 aromatic heterocycles. The molecule has 1 fully saturated rings. The molecular formula is C13H16FNO2. The van der Waals surface area contributed by atoms with Gasteiger partial charge in [0, 0.05) is 12.1 Å². The molecule has 1 aromatic carbocycles. The average molecular weight is 237 g/mol. The SMILES string of the molecule is Cc1cccc(CN2CCC[C@H]2C(=O)O)c1F. The fourth-order valence-corrected chi connectivity index (χ4v) is 2.34. The zero-order valence-corrected chi connectivity index (χ0v) is 9.82. The highest BCUT2D eigenvalue weighted by Gasteiger charge is 2.30. The second-order valence-corrected chi connectivity index (χ2v) is 4.51. The number of nitrogens with zero attached hydrogens (tertiary/aromatic N) is 1. The number of carboxylic acid groups (broad SMARTS) is 1. The van der Waals surface area contributed by atoms with Gasteiger partial charge in [-0.25, -0.2) is 4.39 Å². The second-order valence-electron chi connectivity index (χ2n) is 4.51. The van der Waals surface area contributed by atoms with Crippen molar-refractivity contribution in [3.63, 3.8) is 0 Å². The number of likely N-dealkylation sites (tertiary alicyclic amines) is 1. The monoisotopic (exact) mass is 237 g/mol. The van der Waals surface area contributed by atoms with Crippen molar-refractivity contribution in [2.75, 3.05) is 6.54 Å². The number of aliphatic carboxylic acids is 1. The van der Waals surface area contributed by atoms with Crippen LogP contribution in [0.3, 0.4) is 0 Å². The lowest BCUT2D eigenvalue weighted by atomic mass is 10.1. The lowest BCUT2D eigenvalue weighted by Gasteiger charge is -2.21. The van der Waals surface area contributed by atoms with Crippen LogP contribution in [0.15, 0.2) is 18.2 Å². The fourth-order valence-electron chi connectivity index (χ4n) is 2.34. The van der Waals surface area contributed by atoms with E-state index in [1.54, 1.807) is 25.1 Å². The molecule has 1 aliphatic heterocycles. The summed E-state index contributed by atoms with van der Waals surface area (Å²) in [5.41, 5.74) is 1.19. The van der Waals surface area contributed by atoms with Gasteiger partial charge in [-0.15, -0.1) is 0 Å². The van der Waals surface area contributed by atoms with Crippen molar-refractivity contribution in [3.8, 4) is 0 Å². The molecule has 0 radical (unpaired) electrons. The van der Waals surface area contributed by atoms with E-state index >= 15 is 0 Å². The highest BCUT2D eigenvalue weighted by atomic mass is 19.1. The molecule has 3 nitrogen and oxygen atoms in total. The Morgan fingerprint density at radius 3 is 3.06 bits per heavy atom. The van der Waals surface area contributed by atoms with E-state index in [0.717, 1.165) is 13.0 Å². The number of benzene rings is 1. The van der Waals surface area contributed by atoms with Gasteiger partial charge in [0.2, 0.25) is 0 Å². The zero-order valence-electron chi connectivity index (χ0n) is 9.82. The van der Waals surface area contributed by atoms with E-state index in [-0.39, 0.29) is 5.82 Å². The summed E-state index contributed by atoms with van der Waals surface area (Å²) < 4.78 is 13.8. The fraction of sp³-hybridized carbons (Fsp3) is 0.462. The first-order valence-electron chi connectivity index (χ1n) is 5.80. The summed E-state index contributed by atoms with van der Waals surface area (Å²) in [7, 11) is 0. The number of halogens is 1. The third kappa shape index (κ3) is 2.47. The highest BCUT2D eigenvalue weighted by molar-refractivity contribution is 5.73. The molecule has 92 valence electrons. The van der Waals surface area contributed by atoms with Crippen LogP contribution in [0.2, 0.25) is 0 Å². The third-order valence-corrected chi connectivity index (χ3v) is 3.29. The summed E-state index contributed by atoms with van der Waals surface area (Å²) in [5.74, 6) is -1.03. The van der Waals surface area contributed by atoms with Gasteiger partial charge in [0.25, 0.3) is 0 Å². The van der Waals surface area contributed by atoms with Gasteiger partial charge in [0.15, 0.2) is 0 Å². The van der Waals surface area contributed by atoms with Crippen molar-refractivity contribution in [2.24, 2.45) is 0 Å². The Bertz CT molecular complexity index is 433. The van der Waals surface area contributed by atoms with Crippen molar-refractivity contribution >= 4 is 5.97 Å². The van der Waals surface area contributed by atoms with Crippen LogP contribution in [0, 0.1) is 12.7 Å². The minimum atomic E-state index is -0.810. The molecular weight excluding hydrogens is 221 g/mol. The Kier molecular flexibility index (Phi) is 3.43. The Balaban J connectivity index is 2.15. The molecule has 1 aromatic rings. The van der Waals surface area contributed by atoms with Crippen LogP contribution in [-0.4, -0.2) is 28.6 Å². The first-order chi connectivity index (χ1) is 8.09. The summed E-state index contributed by atoms with van der Waals surface area (Å²) >= 11 is 0. The van der Waals surface area contributed by atoms with Crippen LogP contribution in [-0.2, 0) is 11.3 Å². The number of hydrogen-bond donors (Lipinski definition) is 1. The van der Waals surface area contributed by atoms with Crippen LogP contribution in [0.4, 0.5) is 4.39 Å². The summed E-state index contributed by atoms with van der Waals surface area (Å²) in [6, 6.07) is 4.78. The number of rotatable bonds is 3. The molecule has 17 heavy (non-hydrogen) atoms. The van der Waals surface area contributed by atoms with Crippen molar-refractivity contribution < 1.29 is 14.3 Å². The molecule has 4 heteroatoms. The predicted molar refractivity (Wildman–Crippen MR) is 62.2 cm³/mol. The lowest BCUT2D eigenvalue weighted by Crippen LogP contribution is -2.35. The van der Waals surface area contributed by atoms with E-state index in [0.29, 0.717) is 24.1 Å². The molecule has 1 heterocycles. The molecule has 1 N–H and O–H groups in total. The first-order valence-corrected chi connectivity index (χ1v) is 5.80. The average Bonchev–Trinajstić information content (AvgIpc) is 2.73. The van der Waals surface area contributed by atoms with E-state index in [1.165, 1.54) is 0 Å². The first kappa shape index (κ1) is 12.0. The number of carboxylic acids is 1. The number of hydrogen-bond acceptors (Lipinski definition) is 2. The molecule has 1 aliphatic rings. The van der Waals surface area contributed by atoms with Gasteiger partial charge in [0.05, 0.1) is 0 Å². The normalized spacial score (nSPS) is 20.7. The summed E-state index contributed by atoms with van der Waals surface area (Å²) in [4.78, 5) is 12.9. The van der Waals surface area contributed by atoms with Gasteiger partial charge >= 0.3 is 5.97 Å². The molecule has 0 spiro atoms.